The van der Waals surface area contributed by atoms with Gasteiger partial charge < -0.3 is 11.1 Å². The number of pyridine rings is 1. The lowest BCUT2D eigenvalue weighted by Crippen LogP contribution is -2.25. The molecule has 2 aromatic heterocycles. The van der Waals surface area contributed by atoms with Crippen LogP contribution in [0.4, 0.5) is 18.9 Å². The molecule has 26 heavy (non-hydrogen) atoms. The molecule has 2 aromatic rings. The lowest BCUT2D eigenvalue weighted by molar-refractivity contribution is -0.137. The zero-order valence-electron chi connectivity index (χ0n) is 14.4. The van der Waals surface area contributed by atoms with Gasteiger partial charge in [-0.1, -0.05) is 13.3 Å². The largest absolute Gasteiger partial charge is 0.417 e. The van der Waals surface area contributed by atoms with Crippen LogP contribution < -0.4 is 11.1 Å². The second-order valence-corrected chi connectivity index (χ2v) is 8.20. The molecule has 0 bridgehead atoms. The number of hydrogen-bond donors (Lipinski definition) is 2. The van der Waals surface area contributed by atoms with E-state index in [1.54, 1.807) is 0 Å². The highest BCUT2D eigenvalue weighted by atomic mass is 32.1. The van der Waals surface area contributed by atoms with E-state index in [2.05, 4.69) is 10.3 Å². The number of nitrogens with one attached hydrogen (secondary N) is 1. The van der Waals surface area contributed by atoms with Gasteiger partial charge in [0.2, 0.25) is 0 Å². The van der Waals surface area contributed by atoms with E-state index in [4.69, 9.17) is 5.73 Å². The molecule has 0 saturated heterocycles. The minimum Gasteiger partial charge on any atom is -0.397 e. The number of nitrogen functional groups attached to an aromatic ring is 1. The number of nitrogens with zero attached hydrogens (tertiary/aromatic N) is 1. The van der Waals surface area contributed by atoms with Crippen molar-refractivity contribution in [2.45, 2.75) is 57.7 Å². The summed E-state index contributed by atoms with van der Waals surface area (Å²) in [7, 11) is 0. The molecule has 8 heteroatoms. The van der Waals surface area contributed by atoms with E-state index < -0.39 is 17.6 Å². The molecule has 1 fully saturated rings. The number of carbonyl (C=O) groups is 1. The molecule has 2 heterocycles. The molecule has 140 valence electrons. The molecule has 1 saturated carbocycles. The lowest BCUT2D eigenvalue weighted by atomic mass is 9.82. The average Bonchev–Trinajstić information content (AvgIpc) is 3.34. The van der Waals surface area contributed by atoms with Crippen molar-refractivity contribution in [2.75, 3.05) is 5.73 Å². The fraction of sp³-hybridized carbons (Fsp3) is 0.556. The van der Waals surface area contributed by atoms with Crippen LogP contribution in [0.15, 0.2) is 0 Å². The lowest BCUT2D eigenvalue weighted by Gasteiger charge is -2.26. The van der Waals surface area contributed by atoms with Crippen LogP contribution in [0.1, 0.15) is 59.1 Å². The predicted octanol–water partition coefficient (Wildman–Crippen LogP) is 4.30. The average molecular weight is 383 g/mol. The first kappa shape index (κ1) is 17.6. The Morgan fingerprint density at radius 2 is 2.08 bits per heavy atom. The number of halogens is 3. The van der Waals surface area contributed by atoms with Crippen molar-refractivity contribution in [2.24, 2.45) is 5.92 Å². The molecule has 2 aliphatic carbocycles. The maximum absolute atomic E-state index is 14.0. The van der Waals surface area contributed by atoms with Crippen molar-refractivity contribution in [3.63, 3.8) is 0 Å². The molecule has 0 aromatic carbocycles. The molecule has 0 unspecified atom stereocenters. The Hall–Kier alpha value is -1.83. The summed E-state index contributed by atoms with van der Waals surface area (Å²) in [5.41, 5.74) is 6.04. The predicted molar refractivity (Wildman–Crippen MR) is 95.3 cm³/mol. The molecular formula is C18H20F3N3OS. The third-order valence-electron chi connectivity index (χ3n) is 5.33. The Kier molecular flexibility index (Phi) is 4.13. The number of nitrogens with two attached hydrogens (primary N) is 1. The number of aromatic nitrogens is 1. The molecule has 1 amide bonds. The quantitative estimate of drug-likeness (QED) is 0.830. The molecule has 4 nitrogen and oxygen atoms in total. The van der Waals surface area contributed by atoms with Crippen molar-refractivity contribution in [3.05, 3.63) is 21.7 Å². The smallest absolute Gasteiger partial charge is 0.397 e. The zero-order valence-corrected chi connectivity index (χ0v) is 15.2. The molecule has 2 aliphatic rings. The van der Waals surface area contributed by atoms with Crippen molar-refractivity contribution in [1.82, 2.24) is 10.3 Å². The molecule has 1 atom stereocenters. The van der Waals surface area contributed by atoms with Gasteiger partial charge in [0.05, 0.1) is 11.3 Å². The van der Waals surface area contributed by atoms with Crippen LogP contribution in [-0.4, -0.2) is 16.9 Å². The highest BCUT2D eigenvalue weighted by molar-refractivity contribution is 7.21. The van der Waals surface area contributed by atoms with Gasteiger partial charge in [-0.3, -0.25) is 4.79 Å². The number of amides is 1. The minimum absolute atomic E-state index is 0.0932. The van der Waals surface area contributed by atoms with Gasteiger partial charge in [-0.25, -0.2) is 4.98 Å². The van der Waals surface area contributed by atoms with E-state index in [-0.39, 0.29) is 38.3 Å². The maximum atomic E-state index is 14.0. The molecule has 0 spiro atoms. The number of rotatable bonds is 3. The molecular weight excluding hydrogens is 363 g/mol. The first-order chi connectivity index (χ1) is 12.3. The van der Waals surface area contributed by atoms with Crippen LogP contribution in [0, 0.1) is 5.92 Å². The topological polar surface area (TPSA) is 68.0 Å². The number of hydrogen-bond acceptors (Lipinski definition) is 4. The summed E-state index contributed by atoms with van der Waals surface area (Å²) in [5, 5.41) is 2.70. The first-order valence-corrected chi connectivity index (χ1v) is 9.73. The number of thiophene rings is 1. The summed E-state index contributed by atoms with van der Waals surface area (Å²) in [6.45, 7) is 1.99. The van der Waals surface area contributed by atoms with E-state index in [1.807, 2.05) is 6.92 Å². The minimum atomic E-state index is -4.53. The number of fused-ring (bicyclic) bond motifs is 2. The zero-order chi connectivity index (χ0) is 18.6. The maximum Gasteiger partial charge on any atom is 0.417 e. The number of aryl methyl sites for hydroxylation is 1. The van der Waals surface area contributed by atoms with Gasteiger partial charge in [0.1, 0.15) is 9.71 Å². The summed E-state index contributed by atoms with van der Waals surface area (Å²) in [4.78, 5) is 17.2. The fourth-order valence-corrected chi connectivity index (χ4v) is 4.73. The van der Waals surface area contributed by atoms with Crippen LogP contribution >= 0.6 is 11.3 Å². The first-order valence-electron chi connectivity index (χ1n) is 8.91. The summed E-state index contributed by atoms with van der Waals surface area (Å²) in [6.07, 6.45) is -0.153. The number of carbonyl (C=O) groups excluding carboxylic acids is 1. The van der Waals surface area contributed by atoms with Crippen LogP contribution in [0.25, 0.3) is 10.2 Å². The van der Waals surface area contributed by atoms with Gasteiger partial charge in [-0.05, 0) is 43.6 Å². The molecule has 0 radical (unpaired) electrons. The van der Waals surface area contributed by atoms with E-state index in [1.165, 1.54) is 0 Å². The second-order valence-electron chi connectivity index (χ2n) is 7.20. The van der Waals surface area contributed by atoms with E-state index in [0.29, 0.717) is 18.5 Å². The van der Waals surface area contributed by atoms with Crippen LogP contribution in [0.3, 0.4) is 0 Å². The van der Waals surface area contributed by atoms with Gasteiger partial charge in [0.15, 0.2) is 0 Å². The van der Waals surface area contributed by atoms with E-state index in [0.717, 1.165) is 37.0 Å². The molecule has 4 rings (SSSR count). The Labute approximate surface area is 153 Å². The van der Waals surface area contributed by atoms with Crippen LogP contribution in [-0.2, 0) is 19.0 Å². The Morgan fingerprint density at radius 1 is 1.35 bits per heavy atom. The Bertz CT molecular complexity index is 886. The van der Waals surface area contributed by atoms with E-state index in [9.17, 15) is 18.0 Å². The third-order valence-corrected chi connectivity index (χ3v) is 6.42. The van der Waals surface area contributed by atoms with Gasteiger partial charge in [0.25, 0.3) is 5.91 Å². The number of anilines is 1. The standard InChI is InChI=1S/C18H20F3N3OS/c1-2-8-3-6-11-10(7-8)13(18(19,20)21)12-14(22)15(26-17(12)24-11)16(25)23-9-4-5-9/h8-9H,2-7,22H2,1H3,(H,23,25)/t8-/m1/s1. The van der Waals surface area contributed by atoms with Gasteiger partial charge in [-0.2, -0.15) is 13.2 Å². The SMILES string of the molecule is CC[C@@H]1CCc2nc3sc(C(=O)NC4CC4)c(N)c3c(C(F)(F)F)c2C1. The van der Waals surface area contributed by atoms with Crippen LogP contribution in [0.5, 0.6) is 0 Å². The Balaban J connectivity index is 1.91. The summed E-state index contributed by atoms with van der Waals surface area (Å²) < 4.78 is 41.9. The van der Waals surface area contributed by atoms with Crippen molar-refractivity contribution in [1.29, 1.82) is 0 Å². The second kappa shape index (κ2) is 6.11. The van der Waals surface area contributed by atoms with Gasteiger partial charge >= 0.3 is 6.18 Å². The highest BCUT2D eigenvalue weighted by Crippen LogP contribution is 2.46. The van der Waals surface area contributed by atoms with Crippen LogP contribution in [0.2, 0.25) is 0 Å². The van der Waals surface area contributed by atoms with Gasteiger partial charge in [0, 0.05) is 17.1 Å². The fourth-order valence-electron chi connectivity index (χ4n) is 3.70. The highest BCUT2D eigenvalue weighted by Gasteiger charge is 2.41. The van der Waals surface area contributed by atoms with Crippen molar-refractivity contribution in [3.8, 4) is 0 Å². The molecule has 3 N–H and O–H groups in total. The number of alkyl halides is 3. The normalized spacial score (nSPS) is 20.2. The van der Waals surface area contributed by atoms with Crippen molar-refractivity contribution >= 4 is 33.1 Å². The van der Waals surface area contributed by atoms with E-state index >= 15 is 0 Å². The van der Waals surface area contributed by atoms with Gasteiger partial charge in [-0.15, -0.1) is 11.3 Å². The monoisotopic (exact) mass is 383 g/mol. The summed E-state index contributed by atoms with van der Waals surface area (Å²) >= 11 is 0.963. The summed E-state index contributed by atoms with van der Waals surface area (Å²) in [5.74, 6) is -0.175. The Morgan fingerprint density at radius 3 is 2.69 bits per heavy atom. The molecule has 0 aliphatic heterocycles. The third kappa shape index (κ3) is 2.94. The van der Waals surface area contributed by atoms with Crippen molar-refractivity contribution < 1.29 is 18.0 Å². The summed E-state index contributed by atoms with van der Waals surface area (Å²) in [6, 6.07) is 0.112.